The molecular formula is C16H24N4. The zero-order valence-electron chi connectivity index (χ0n) is 13.0. The third kappa shape index (κ3) is 2.76. The van der Waals surface area contributed by atoms with Gasteiger partial charge in [0.2, 0.25) is 0 Å². The van der Waals surface area contributed by atoms with Crippen molar-refractivity contribution in [1.29, 1.82) is 0 Å². The van der Waals surface area contributed by atoms with E-state index in [9.17, 15) is 0 Å². The van der Waals surface area contributed by atoms with Gasteiger partial charge in [0, 0.05) is 12.7 Å². The Bertz CT molecular complexity index is 613. The molecule has 4 heteroatoms. The second-order valence-corrected chi connectivity index (χ2v) is 5.56. The third-order valence-electron chi connectivity index (χ3n) is 4.07. The van der Waals surface area contributed by atoms with E-state index in [0.717, 1.165) is 12.1 Å². The highest BCUT2D eigenvalue weighted by Gasteiger charge is 2.18. The van der Waals surface area contributed by atoms with E-state index >= 15 is 0 Å². The molecule has 1 aromatic heterocycles. The molecule has 4 nitrogen and oxygen atoms in total. The van der Waals surface area contributed by atoms with E-state index in [1.807, 2.05) is 11.7 Å². The first-order valence-electron chi connectivity index (χ1n) is 6.96. The van der Waals surface area contributed by atoms with E-state index < -0.39 is 0 Å². The van der Waals surface area contributed by atoms with E-state index in [1.54, 1.807) is 0 Å². The Morgan fingerprint density at radius 3 is 2.45 bits per heavy atom. The molecule has 0 saturated carbocycles. The van der Waals surface area contributed by atoms with Crippen LogP contribution in [0.4, 0.5) is 0 Å². The summed E-state index contributed by atoms with van der Waals surface area (Å²) in [5.74, 6) is 5.79. The standard InChI is InChI=1S/C16H24N4/c1-10-6-7-14(11(2)8-10)16(18-17)9-15-12(3)19-20(5)13(15)4/h6-8,16,18H,9,17H2,1-5H3. The summed E-state index contributed by atoms with van der Waals surface area (Å²) in [7, 11) is 1.98. The van der Waals surface area contributed by atoms with Gasteiger partial charge in [0.25, 0.3) is 0 Å². The first kappa shape index (κ1) is 14.8. The predicted molar refractivity (Wildman–Crippen MR) is 82.4 cm³/mol. The van der Waals surface area contributed by atoms with Crippen LogP contribution >= 0.6 is 0 Å². The molecule has 0 aliphatic heterocycles. The Morgan fingerprint density at radius 1 is 1.25 bits per heavy atom. The normalized spacial score (nSPS) is 12.7. The van der Waals surface area contributed by atoms with Crippen molar-refractivity contribution >= 4 is 0 Å². The van der Waals surface area contributed by atoms with Gasteiger partial charge in [0.15, 0.2) is 0 Å². The lowest BCUT2D eigenvalue weighted by Gasteiger charge is -2.19. The van der Waals surface area contributed by atoms with Crippen LogP contribution in [0.5, 0.6) is 0 Å². The van der Waals surface area contributed by atoms with Gasteiger partial charge >= 0.3 is 0 Å². The highest BCUT2D eigenvalue weighted by molar-refractivity contribution is 5.35. The summed E-state index contributed by atoms with van der Waals surface area (Å²) in [6.07, 6.45) is 0.853. The number of hydrogen-bond donors (Lipinski definition) is 2. The number of aromatic nitrogens is 2. The molecule has 0 aliphatic rings. The molecule has 0 spiro atoms. The Morgan fingerprint density at radius 2 is 1.95 bits per heavy atom. The van der Waals surface area contributed by atoms with Gasteiger partial charge in [-0.2, -0.15) is 5.10 Å². The van der Waals surface area contributed by atoms with Crippen LogP contribution in [0.25, 0.3) is 0 Å². The van der Waals surface area contributed by atoms with Crippen LogP contribution < -0.4 is 11.3 Å². The predicted octanol–water partition coefficient (Wildman–Crippen LogP) is 2.40. The quantitative estimate of drug-likeness (QED) is 0.664. The summed E-state index contributed by atoms with van der Waals surface area (Å²) in [5, 5.41) is 4.48. The Balaban J connectivity index is 2.33. The molecule has 1 aromatic carbocycles. The third-order valence-corrected chi connectivity index (χ3v) is 4.07. The van der Waals surface area contributed by atoms with Crippen molar-refractivity contribution in [3.63, 3.8) is 0 Å². The van der Waals surface area contributed by atoms with Crippen LogP contribution in [0, 0.1) is 27.7 Å². The Labute approximate surface area is 121 Å². The zero-order valence-corrected chi connectivity index (χ0v) is 13.0. The summed E-state index contributed by atoms with van der Waals surface area (Å²) >= 11 is 0. The van der Waals surface area contributed by atoms with Gasteiger partial charge in [0.05, 0.1) is 11.7 Å². The molecule has 1 unspecified atom stereocenters. The number of hydrogen-bond acceptors (Lipinski definition) is 3. The van der Waals surface area contributed by atoms with Crippen molar-refractivity contribution in [1.82, 2.24) is 15.2 Å². The second-order valence-electron chi connectivity index (χ2n) is 5.56. The Kier molecular flexibility index (Phi) is 4.26. The fourth-order valence-corrected chi connectivity index (χ4v) is 2.79. The average Bonchev–Trinajstić information content (AvgIpc) is 2.62. The second kappa shape index (κ2) is 5.77. The van der Waals surface area contributed by atoms with Crippen molar-refractivity contribution in [2.45, 2.75) is 40.2 Å². The molecule has 3 N–H and O–H groups in total. The lowest BCUT2D eigenvalue weighted by Crippen LogP contribution is -2.30. The lowest BCUT2D eigenvalue weighted by molar-refractivity contribution is 0.546. The maximum absolute atomic E-state index is 5.79. The van der Waals surface area contributed by atoms with Gasteiger partial charge < -0.3 is 0 Å². The van der Waals surface area contributed by atoms with Crippen LogP contribution in [-0.4, -0.2) is 9.78 Å². The van der Waals surface area contributed by atoms with Gasteiger partial charge in [-0.3, -0.25) is 16.0 Å². The minimum atomic E-state index is 0.109. The van der Waals surface area contributed by atoms with Crippen molar-refractivity contribution in [3.05, 3.63) is 51.8 Å². The molecule has 2 rings (SSSR count). The van der Waals surface area contributed by atoms with Crippen LogP contribution in [0.15, 0.2) is 18.2 Å². The van der Waals surface area contributed by atoms with Gasteiger partial charge in [-0.05, 0) is 50.8 Å². The fraction of sp³-hybridized carbons (Fsp3) is 0.438. The minimum absolute atomic E-state index is 0.109. The zero-order chi connectivity index (χ0) is 14.9. The molecular weight excluding hydrogens is 248 g/mol. The molecule has 1 atom stereocenters. The van der Waals surface area contributed by atoms with E-state index in [-0.39, 0.29) is 6.04 Å². The molecule has 0 amide bonds. The molecule has 0 bridgehead atoms. The van der Waals surface area contributed by atoms with Crippen molar-refractivity contribution in [3.8, 4) is 0 Å². The summed E-state index contributed by atoms with van der Waals surface area (Å²) in [6.45, 7) is 8.40. The van der Waals surface area contributed by atoms with Gasteiger partial charge in [-0.1, -0.05) is 23.8 Å². The number of aryl methyl sites for hydroxylation is 4. The van der Waals surface area contributed by atoms with Crippen molar-refractivity contribution in [2.24, 2.45) is 12.9 Å². The molecule has 0 aliphatic carbocycles. The number of benzene rings is 1. The van der Waals surface area contributed by atoms with Crippen molar-refractivity contribution in [2.75, 3.05) is 0 Å². The average molecular weight is 272 g/mol. The SMILES string of the molecule is Cc1ccc(C(Cc2c(C)nn(C)c2C)NN)c(C)c1. The van der Waals surface area contributed by atoms with Crippen LogP contribution in [0.1, 0.15) is 39.7 Å². The topological polar surface area (TPSA) is 55.9 Å². The highest BCUT2D eigenvalue weighted by atomic mass is 15.3. The first-order valence-corrected chi connectivity index (χ1v) is 6.96. The highest BCUT2D eigenvalue weighted by Crippen LogP contribution is 2.24. The maximum atomic E-state index is 5.79. The molecule has 108 valence electrons. The maximum Gasteiger partial charge on any atom is 0.0629 e. The first-order chi connectivity index (χ1) is 9.43. The van der Waals surface area contributed by atoms with Gasteiger partial charge in [-0.25, -0.2) is 0 Å². The van der Waals surface area contributed by atoms with Crippen LogP contribution in [0.2, 0.25) is 0 Å². The molecule has 0 saturated heterocycles. The summed E-state index contributed by atoms with van der Waals surface area (Å²) in [5.41, 5.74) is 10.3. The van der Waals surface area contributed by atoms with Gasteiger partial charge in [-0.15, -0.1) is 0 Å². The van der Waals surface area contributed by atoms with Crippen LogP contribution in [0.3, 0.4) is 0 Å². The fourth-order valence-electron chi connectivity index (χ4n) is 2.79. The molecule has 20 heavy (non-hydrogen) atoms. The molecule has 0 radical (unpaired) electrons. The number of nitrogens with zero attached hydrogens (tertiary/aromatic N) is 2. The summed E-state index contributed by atoms with van der Waals surface area (Å²) in [4.78, 5) is 0. The van der Waals surface area contributed by atoms with E-state index in [0.29, 0.717) is 0 Å². The number of nitrogens with two attached hydrogens (primary N) is 1. The van der Waals surface area contributed by atoms with Gasteiger partial charge in [0.1, 0.15) is 0 Å². The largest absolute Gasteiger partial charge is 0.272 e. The summed E-state index contributed by atoms with van der Waals surface area (Å²) < 4.78 is 1.93. The van der Waals surface area contributed by atoms with E-state index in [2.05, 4.69) is 56.4 Å². The number of rotatable bonds is 4. The minimum Gasteiger partial charge on any atom is -0.272 e. The molecule has 2 aromatic rings. The molecule has 0 fully saturated rings. The Hall–Kier alpha value is -1.65. The van der Waals surface area contributed by atoms with E-state index in [4.69, 9.17) is 5.84 Å². The molecule has 1 heterocycles. The monoisotopic (exact) mass is 272 g/mol. The summed E-state index contributed by atoms with van der Waals surface area (Å²) in [6, 6.07) is 6.60. The van der Waals surface area contributed by atoms with Crippen LogP contribution in [-0.2, 0) is 13.5 Å². The number of hydrazine groups is 1. The van der Waals surface area contributed by atoms with E-state index in [1.165, 1.54) is 27.9 Å². The van der Waals surface area contributed by atoms with Crippen molar-refractivity contribution < 1.29 is 0 Å². The number of nitrogens with one attached hydrogen (secondary N) is 1. The lowest BCUT2D eigenvalue weighted by atomic mass is 9.94. The smallest absolute Gasteiger partial charge is 0.0629 e.